The van der Waals surface area contributed by atoms with E-state index < -0.39 is 12.2 Å². The standard InChI is InChI=1S/C23H25ClF3N3O/c24-16-4-5-19-18(15-16)28-21(31-19)29-13-10-22(11-14-29)8-6-17(7-9-22)30-12-2-1-3-20(30)23(25,26)27/h1-5,12,15,17,20H,6-11,13-14H2. The average molecular weight is 452 g/mol. The summed E-state index contributed by atoms with van der Waals surface area (Å²) in [6, 6.07) is 4.48. The maximum absolute atomic E-state index is 13.4. The van der Waals surface area contributed by atoms with Gasteiger partial charge in [-0.2, -0.15) is 18.2 Å². The molecule has 1 saturated carbocycles. The molecular formula is C23H25ClF3N3O. The fraction of sp³-hybridized carbons (Fsp3) is 0.522. The lowest BCUT2D eigenvalue weighted by molar-refractivity contribution is -0.171. The fourth-order valence-electron chi connectivity index (χ4n) is 5.35. The van der Waals surface area contributed by atoms with Crippen molar-refractivity contribution in [2.75, 3.05) is 18.0 Å². The van der Waals surface area contributed by atoms with Gasteiger partial charge in [-0.3, -0.25) is 0 Å². The SMILES string of the molecule is FC(F)(F)C1C=CC=CN1C1CCC2(CC1)CCN(c1nc3cc(Cl)ccc3o1)CC2. The summed E-state index contributed by atoms with van der Waals surface area (Å²) in [5.74, 6) is 0. The molecule has 1 atom stereocenters. The van der Waals surface area contributed by atoms with Crippen molar-refractivity contribution >= 4 is 28.7 Å². The number of aromatic nitrogens is 1. The smallest absolute Gasteiger partial charge is 0.412 e. The van der Waals surface area contributed by atoms with Crippen molar-refractivity contribution in [3.05, 3.63) is 47.6 Å². The first-order valence-electron chi connectivity index (χ1n) is 10.8. The van der Waals surface area contributed by atoms with Gasteiger partial charge in [-0.25, -0.2) is 0 Å². The second-order valence-corrected chi connectivity index (χ2v) is 9.42. The molecule has 0 radical (unpaired) electrons. The van der Waals surface area contributed by atoms with Gasteiger partial charge in [0.15, 0.2) is 5.58 Å². The number of oxazole rings is 1. The molecule has 31 heavy (non-hydrogen) atoms. The topological polar surface area (TPSA) is 32.5 Å². The Hall–Kier alpha value is -2.15. The van der Waals surface area contributed by atoms with E-state index >= 15 is 0 Å². The second-order valence-electron chi connectivity index (χ2n) is 8.99. The van der Waals surface area contributed by atoms with Crippen LogP contribution in [0, 0.1) is 5.41 Å². The van der Waals surface area contributed by atoms with Crippen LogP contribution in [0.1, 0.15) is 38.5 Å². The minimum Gasteiger partial charge on any atom is -0.423 e. The predicted octanol–water partition coefficient (Wildman–Crippen LogP) is 6.33. The van der Waals surface area contributed by atoms with E-state index in [4.69, 9.17) is 16.0 Å². The molecule has 0 N–H and O–H groups in total. The first-order valence-corrected chi connectivity index (χ1v) is 11.2. The largest absolute Gasteiger partial charge is 0.423 e. The van der Waals surface area contributed by atoms with Crippen LogP contribution in [0.4, 0.5) is 19.2 Å². The first kappa shape index (κ1) is 20.7. The lowest BCUT2D eigenvalue weighted by Crippen LogP contribution is -2.50. The van der Waals surface area contributed by atoms with Gasteiger partial charge < -0.3 is 14.2 Å². The zero-order chi connectivity index (χ0) is 21.6. The molecule has 2 aromatic rings. The second kappa shape index (κ2) is 7.76. The van der Waals surface area contributed by atoms with Crippen molar-refractivity contribution in [2.24, 2.45) is 5.41 Å². The highest BCUT2D eigenvalue weighted by Gasteiger charge is 2.46. The molecule has 3 aliphatic rings. The number of benzene rings is 1. The van der Waals surface area contributed by atoms with Crippen molar-refractivity contribution < 1.29 is 17.6 Å². The van der Waals surface area contributed by atoms with Gasteiger partial charge in [-0.1, -0.05) is 23.8 Å². The summed E-state index contributed by atoms with van der Waals surface area (Å²) < 4.78 is 46.2. The third-order valence-electron chi connectivity index (χ3n) is 7.19. The minimum absolute atomic E-state index is 0.0572. The van der Waals surface area contributed by atoms with E-state index in [0.717, 1.165) is 62.7 Å². The molecule has 1 aromatic carbocycles. The third kappa shape index (κ3) is 4.04. The van der Waals surface area contributed by atoms with Crippen molar-refractivity contribution in [1.29, 1.82) is 0 Å². The monoisotopic (exact) mass is 451 g/mol. The van der Waals surface area contributed by atoms with E-state index in [1.54, 1.807) is 24.4 Å². The predicted molar refractivity (Wildman–Crippen MR) is 115 cm³/mol. The number of hydrogen-bond donors (Lipinski definition) is 0. The summed E-state index contributed by atoms with van der Waals surface area (Å²) in [6.45, 7) is 1.70. The highest BCUT2D eigenvalue weighted by Crippen LogP contribution is 2.47. The molecule has 2 aliphatic heterocycles. The zero-order valence-corrected chi connectivity index (χ0v) is 17.9. The van der Waals surface area contributed by atoms with Gasteiger partial charge in [-0.15, -0.1) is 0 Å². The number of alkyl halides is 3. The molecular weight excluding hydrogens is 427 g/mol. The highest BCUT2D eigenvalue weighted by atomic mass is 35.5. The Labute approximate surface area is 184 Å². The van der Waals surface area contributed by atoms with E-state index in [1.165, 1.54) is 17.1 Å². The van der Waals surface area contributed by atoms with Crippen molar-refractivity contribution in [1.82, 2.24) is 9.88 Å². The van der Waals surface area contributed by atoms with Gasteiger partial charge in [0.25, 0.3) is 6.01 Å². The van der Waals surface area contributed by atoms with E-state index in [2.05, 4.69) is 9.88 Å². The minimum atomic E-state index is -4.24. The highest BCUT2D eigenvalue weighted by molar-refractivity contribution is 6.31. The summed E-state index contributed by atoms with van der Waals surface area (Å²) in [4.78, 5) is 8.27. The Morgan fingerprint density at radius 2 is 1.81 bits per heavy atom. The van der Waals surface area contributed by atoms with E-state index in [-0.39, 0.29) is 11.5 Å². The molecule has 8 heteroatoms. The molecule has 1 aromatic heterocycles. The number of piperidine rings is 1. The molecule has 0 amide bonds. The maximum Gasteiger partial charge on any atom is 0.412 e. The van der Waals surface area contributed by atoms with Crippen LogP contribution in [0.2, 0.25) is 5.02 Å². The first-order chi connectivity index (χ1) is 14.8. The normalized spacial score (nSPS) is 24.5. The number of rotatable bonds is 2. The Morgan fingerprint density at radius 3 is 2.52 bits per heavy atom. The van der Waals surface area contributed by atoms with Crippen molar-refractivity contribution in [3.63, 3.8) is 0 Å². The van der Waals surface area contributed by atoms with Crippen LogP contribution in [0.5, 0.6) is 0 Å². The third-order valence-corrected chi connectivity index (χ3v) is 7.42. The van der Waals surface area contributed by atoms with Crippen LogP contribution >= 0.6 is 11.6 Å². The lowest BCUT2D eigenvalue weighted by atomic mass is 9.66. The number of hydrogen-bond acceptors (Lipinski definition) is 4. The fourth-order valence-corrected chi connectivity index (χ4v) is 5.51. The van der Waals surface area contributed by atoms with Crippen molar-refractivity contribution in [2.45, 2.75) is 56.8 Å². The van der Waals surface area contributed by atoms with E-state index in [1.807, 2.05) is 6.07 Å². The van der Waals surface area contributed by atoms with Gasteiger partial charge in [0.05, 0.1) is 0 Å². The molecule has 3 heterocycles. The van der Waals surface area contributed by atoms with Gasteiger partial charge in [0.2, 0.25) is 0 Å². The Bertz CT molecular complexity index is 997. The van der Waals surface area contributed by atoms with Crippen LogP contribution in [0.25, 0.3) is 11.1 Å². The average Bonchev–Trinajstić information content (AvgIpc) is 3.17. The number of anilines is 1. The van der Waals surface area contributed by atoms with Crippen LogP contribution in [-0.2, 0) is 0 Å². The quantitative estimate of drug-likeness (QED) is 0.534. The molecule has 5 rings (SSSR count). The maximum atomic E-state index is 13.4. The zero-order valence-electron chi connectivity index (χ0n) is 17.1. The number of halogens is 4. The van der Waals surface area contributed by atoms with Crippen LogP contribution in [0.3, 0.4) is 0 Å². The van der Waals surface area contributed by atoms with Gasteiger partial charge in [0.1, 0.15) is 11.6 Å². The summed E-state index contributed by atoms with van der Waals surface area (Å²) in [7, 11) is 0. The molecule has 166 valence electrons. The van der Waals surface area contributed by atoms with Gasteiger partial charge >= 0.3 is 6.18 Å². The Morgan fingerprint density at radius 1 is 1.06 bits per heavy atom. The van der Waals surface area contributed by atoms with Gasteiger partial charge in [-0.05, 0) is 68.2 Å². The number of fused-ring (bicyclic) bond motifs is 1. The summed E-state index contributed by atoms with van der Waals surface area (Å²) >= 11 is 6.04. The molecule has 1 aliphatic carbocycles. The molecule has 1 spiro atoms. The molecule has 4 nitrogen and oxygen atoms in total. The van der Waals surface area contributed by atoms with Crippen LogP contribution in [0.15, 0.2) is 47.0 Å². The Balaban J connectivity index is 1.21. The summed E-state index contributed by atoms with van der Waals surface area (Å²) in [6.07, 6.45) is 7.38. The summed E-state index contributed by atoms with van der Waals surface area (Å²) in [5.41, 5.74) is 1.69. The molecule has 2 fully saturated rings. The van der Waals surface area contributed by atoms with Crippen LogP contribution < -0.4 is 4.90 Å². The van der Waals surface area contributed by atoms with Crippen molar-refractivity contribution in [3.8, 4) is 0 Å². The van der Waals surface area contributed by atoms with E-state index in [9.17, 15) is 13.2 Å². The summed E-state index contributed by atoms with van der Waals surface area (Å²) in [5, 5.41) is 0.633. The van der Waals surface area contributed by atoms with Crippen LogP contribution in [-0.4, -0.2) is 41.2 Å². The molecule has 0 bridgehead atoms. The molecule has 1 unspecified atom stereocenters. The van der Waals surface area contributed by atoms with E-state index in [0.29, 0.717) is 11.0 Å². The lowest BCUT2D eigenvalue weighted by Gasteiger charge is -2.48. The number of allylic oxidation sites excluding steroid dienone is 2. The molecule has 1 saturated heterocycles. The number of nitrogens with zero attached hydrogens (tertiary/aromatic N) is 3. The Kier molecular flexibility index (Phi) is 5.19. The van der Waals surface area contributed by atoms with Gasteiger partial charge in [0, 0.05) is 30.4 Å².